The summed E-state index contributed by atoms with van der Waals surface area (Å²) in [7, 11) is 2.10. The molecule has 4 heteroatoms. The van der Waals surface area contributed by atoms with E-state index in [1.807, 2.05) is 48.7 Å². The van der Waals surface area contributed by atoms with Gasteiger partial charge in [0.15, 0.2) is 0 Å². The van der Waals surface area contributed by atoms with Crippen LogP contribution in [0.3, 0.4) is 0 Å². The highest BCUT2D eigenvalue weighted by Crippen LogP contribution is 2.54. The number of anilines is 1. The molecule has 1 aromatic heterocycles. The Morgan fingerprint density at radius 2 is 1.42 bits per heavy atom. The normalized spacial score (nSPS) is 13.1. The van der Waals surface area contributed by atoms with Crippen molar-refractivity contribution < 1.29 is 4.79 Å². The van der Waals surface area contributed by atoms with E-state index < -0.39 is 0 Å². The molecule has 0 bridgehead atoms. The minimum absolute atomic E-state index is 0.0879. The highest BCUT2D eigenvalue weighted by atomic mass is 16.1. The lowest BCUT2D eigenvalue weighted by Gasteiger charge is -2.32. The first-order valence-electron chi connectivity index (χ1n) is 13.3. The maximum Gasteiger partial charge on any atom is 0.255 e. The molecule has 5 aromatic rings. The van der Waals surface area contributed by atoms with E-state index in [0.29, 0.717) is 5.56 Å². The van der Waals surface area contributed by atoms with Gasteiger partial charge in [0.1, 0.15) is 5.82 Å². The number of fused-ring (bicyclic) bond motifs is 3. The quantitative estimate of drug-likeness (QED) is 0.227. The molecule has 1 aliphatic carbocycles. The van der Waals surface area contributed by atoms with Crippen molar-refractivity contribution in [3.05, 3.63) is 144 Å². The van der Waals surface area contributed by atoms with Gasteiger partial charge in [-0.05, 0) is 71.3 Å². The van der Waals surface area contributed by atoms with Crippen molar-refractivity contribution >= 4 is 11.6 Å². The molecule has 0 saturated carbocycles. The number of imidazole rings is 1. The number of unbranched alkanes of at least 4 members (excludes halogenated alkanes) is 1. The number of nitrogens with zero attached hydrogens (tertiary/aromatic N) is 2. The van der Waals surface area contributed by atoms with Crippen LogP contribution in [-0.2, 0) is 18.9 Å². The summed E-state index contributed by atoms with van der Waals surface area (Å²) < 4.78 is 2.18. The molecule has 0 unspecified atom stereocenters. The average Bonchev–Trinajstić information content (AvgIpc) is 3.52. The van der Waals surface area contributed by atoms with Crippen molar-refractivity contribution in [1.82, 2.24) is 9.55 Å². The molecular weight excluding hydrogens is 466 g/mol. The topological polar surface area (TPSA) is 46.9 Å². The Morgan fingerprint density at radius 1 is 0.789 bits per heavy atom. The molecule has 188 valence electrons. The summed E-state index contributed by atoms with van der Waals surface area (Å²) in [6, 6.07) is 35.2. The molecule has 4 nitrogen and oxygen atoms in total. The van der Waals surface area contributed by atoms with Gasteiger partial charge in [0.05, 0.1) is 5.41 Å². The van der Waals surface area contributed by atoms with Gasteiger partial charge in [-0.3, -0.25) is 4.79 Å². The third-order valence-corrected chi connectivity index (χ3v) is 7.78. The standard InChI is InChI=1S/C34H31N3O/c1-37-24-23-35-33(37)34(30-16-7-5-14-28(30)29-15-6-8-17-31(29)34)22-10-9-11-25-18-20-27(21-19-25)36-32(38)26-12-3-2-4-13-26/h2-8,12-21,23-24H,9-11,22H2,1H3,(H,36,38). The number of nitrogens with one attached hydrogen (secondary N) is 1. The lowest BCUT2D eigenvalue weighted by atomic mass is 9.73. The van der Waals surface area contributed by atoms with Crippen molar-refractivity contribution in [2.24, 2.45) is 7.05 Å². The van der Waals surface area contributed by atoms with Crippen LogP contribution in [0.25, 0.3) is 11.1 Å². The third kappa shape index (κ3) is 4.22. The van der Waals surface area contributed by atoms with Crippen molar-refractivity contribution in [3.8, 4) is 11.1 Å². The van der Waals surface area contributed by atoms with Gasteiger partial charge >= 0.3 is 0 Å². The summed E-state index contributed by atoms with van der Waals surface area (Å²) in [6.07, 6.45) is 8.11. The van der Waals surface area contributed by atoms with E-state index in [1.165, 1.54) is 27.8 Å². The second kappa shape index (κ2) is 10.1. The predicted molar refractivity (Wildman–Crippen MR) is 153 cm³/mol. The van der Waals surface area contributed by atoms with Crippen LogP contribution in [0.15, 0.2) is 116 Å². The van der Waals surface area contributed by atoms with Crippen molar-refractivity contribution in [1.29, 1.82) is 0 Å². The van der Waals surface area contributed by atoms with Crippen LogP contribution in [0.1, 0.15) is 52.1 Å². The van der Waals surface area contributed by atoms with Crippen molar-refractivity contribution in [2.75, 3.05) is 5.32 Å². The number of carbonyl (C=O) groups is 1. The Balaban J connectivity index is 1.18. The van der Waals surface area contributed by atoms with Gasteiger partial charge in [0, 0.05) is 30.7 Å². The fraction of sp³-hybridized carbons (Fsp3) is 0.176. The largest absolute Gasteiger partial charge is 0.337 e. The number of amides is 1. The molecular formula is C34H31N3O. The average molecular weight is 498 g/mol. The number of rotatable bonds is 8. The molecule has 1 aliphatic rings. The van der Waals surface area contributed by atoms with Crippen LogP contribution in [0, 0.1) is 0 Å². The number of carbonyl (C=O) groups excluding carboxylic acids is 1. The highest BCUT2D eigenvalue weighted by Gasteiger charge is 2.46. The maximum atomic E-state index is 12.4. The fourth-order valence-corrected chi connectivity index (χ4v) is 5.99. The van der Waals surface area contributed by atoms with Crippen molar-refractivity contribution in [3.63, 3.8) is 0 Å². The number of aromatic nitrogens is 2. The van der Waals surface area contributed by atoms with Crippen LogP contribution < -0.4 is 5.32 Å². The molecule has 0 fully saturated rings. The van der Waals surface area contributed by atoms with Gasteiger partial charge < -0.3 is 9.88 Å². The van der Waals surface area contributed by atoms with E-state index in [1.54, 1.807) is 0 Å². The van der Waals surface area contributed by atoms with E-state index in [0.717, 1.165) is 37.2 Å². The Labute approximate surface area is 224 Å². The first kappa shape index (κ1) is 23.9. The number of hydrogen-bond acceptors (Lipinski definition) is 2. The lowest BCUT2D eigenvalue weighted by Crippen LogP contribution is -2.30. The fourth-order valence-electron chi connectivity index (χ4n) is 5.99. The molecule has 6 rings (SSSR count). The summed E-state index contributed by atoms with van der Waals surface area (Å²) in [6.45, 7) is 0. The second-order valence-corrected chi connectivity index (χ2v) is 10.1. The monoisotopic (exact) mass is 497 g/mol. The number of aryl methyl sites for hydroxylation is 2. The van der Waals surface area contributed by atoms with E-state index >= 15 is 0 Å². The first-order chi connectivity index (χ1) is 18.7. The van der Waals surface area contributed by atoms with Crippen LogP contribution >= 0.6 is 0 Å². The summed E-state index contributed by atoms with van der Waals surface area (Å²) in [4.78, 5) is 17.3. The van der Waals surface area contributed by atoms with Crippen molar-refractivity contribution in [2.45, 2.75) is 31.1 Å². The smallest absolute Gasteiger partial charge is 0.255 e. The van der Waals surface area contributed by atoms with Gasteiger partial charge in [-0.15, -0.1) is 0 Å². The Bertz CT molecular complexity index is 1520. The first-order valence-corrected chi connectivity index (χ1v) is 13.3. The van der Waals surface area contributed by atoms with Gasteiger partial charge in [0.25, 0.3) is 5.91 Å². The van der Waals surface area contributed by atoms with E-state index in [2.05, 4.69) is 83.8 Å². The molecule has 1 N–H and O–H groups in total. The minimum atomic E-state index is -0.253. The van der Waals surface area contributed by atoms with Crippen LogP contribution in [-0.4, -0.2) is 15.5 Å². The molecule has 0 aliphatic heterocycles. The molecule has 4 aromatic carbocycles. The van der Waals surface area contributed by atoms with Crippen LogP contribution in [0.5, 0.6) is 0 Å². The summed E-state index contributed by atoms with van der Waals surface area (Å²) in [5, 5.41) is 2.99. The molecule has 0 spiro atoms. The third-order valence-electron chi connectivity index (χ3n) is 7.78. The van der Waals surface area contributed by atoms with Crippen LogP contribution in [0.4, 0.5) is 5.69 Å². The maximum absolute atomic E-state index is 12.4. The number of benzene rings is 4. The molecule has 0 saturated heterocycles. The summed E-state index contributed by atoms with van der Waals surface area (Å²) in [5.74, 6) is 1.02. The van der Waals surface area contributed by atoms with Gasteiger partial charge in [-0.2, -0.15) is 0 Å². The molecule has 0 radical (unpaired) electrons. The zero-order chi connectivity index (χ0) is 26.0. The Morgan fingerprint density at radius 3 is 2.05 bits per heavy atom. The zero-order valence-corrected chi connectivity index (χ0v) is 21.6. The predicted octanol–water partition coefficient (Wildman–Crippen LogP) is 7.40. The van der Waals surface area contributed by atoms with Gasteiger partial charge in [-0.25, -0.2) is 4.98 Å². The van der Waals surface area contributed by atoms with Gasteiger partial charge in [-0.1, -0.05) is 85.3 Å². The molecule has 1 heterocycles. The number of hydrogen-bond donors (Lipinski definition) is 1. The molecule has 38 heavy (non-hydrogen) atoms. The highest BCUT2D eigenvalue weighted by molar-refractivity contribution is 6.04. The molecule has 0 atom stereocenters. The SMILES string of the molecule is Cn1ccnc1C1(CCCCc2ccc(NC(=O)c3ccccc3)cc2)c2ccccc2-c2ccccc21. The second-order valence-electron chi connectivity index (χ2n) is 10.1. The van der Waals surface area contributed by atoms with Crippen LogP contribution in [0.2, 0.25) is 0 Å². The zero-order valence-electron chi connectivity index (χ0n) is 21.6. The Hall–Kier alpha value is -4.44. The Kier molecular flexibility index (Phi) is 6.38. The lowest BCUT2D eigenvalue weighted by molar-refractivity contribution is 0.102. The van der Waals surface area contributed by atoms with Gasteiger partial charge in [0.2, 0.25) is 0 Å². The minimum Gasteiger partial charge on any atom is -0.337 e. The van der Waals surface area contributed by atoms with E-state index in [4.69, 9.17) is 4.98 Å². The summed E-state index contributed by atoms with van der Waals surface area (Å²) in [5.41, 5.74) is 7.85. The molecule has 1 amide bonds. The van der Waals surface area contributed by atoms with E-state index in [9.17, 15) is 4.79 Å². The summed E-state index contributed by atoms with van der Waals surface area (Å²) >= 11 is 0. The van der Waals surface area contributed by atoms with E-state index in [-0.39, 0.29) is 11.3 Å².